The second-order valence-electron chi connectivity index (χ2n) is 7.96. The highest BCUT2D eigenvalue weighted by molar-refractivity contribution is 5.93. The van der Waals surface area contributed by atoms with E-state index in [9.17, 15) is 9.59 Å². The second kappa shape index (κ2) is 10.7. The van der Waals surface area contributed by atoms with Gasteiger partial charge >= 0.3 is 0 Å². The zero-order chi connectivity index (χ0) is 23.9. The number of nitrogens with zero attached hydrogens (tertiary/aromatic N) is 4. The predicted octanol–water partition coefficient (Wildman–Crippen LogP) is 4.22. The Morgan fingerprint density at radius 1 is 0.971 bits per heavy atom. The van der Waals surface area contributed by atoms with Crippen LogP contribution in [-0.4, -0.2) is 33.8 Å². The smallest absolute Gasteiger partial charge is 0.275 e. The van der Waals surface area contributed by atoms with E-state index >= 15 is 0 Å². The van der Waals surface area contributed by atoms with E-state index < -0.39 is 0 Å². The van der Waals surface area contributed by atoms with Gasteiger partial charge in [-0.3, -0.25) is 14.6 Å². The highest BCUT2D eigenvalue weighted by Gasteiger charge is 2.19. The highest BCUT2D eigenvalue weighted by Crippen LogP contribution is 2.21. The molecule has 2 aromatic carbocycles. The number of rotatable bonds is 9. The largest absolute Gasteiger partial charge is 0.494 e. The molecule has 4 aromatic rings. The SMILES string of the molecule is CCCN(C(=O)Cn1nc(Cc2ccncc2)c2ccccc2c1=O)c1ccc(OCC)cc1. The van der Waals surface area contributed by atoms with Gasteiger partial charge in [0.25, 0.3) is 5.56 Å². The number of anilines is 1. The highest BCUT2D eigenvalue weighted by atomic mass is 16.5. The van der Waals surface area contributed by atoms with Gasteiger partial charge in [0.2, 0.25) is 5.91 Å². The van der Waals surface area contributed by atoms with Gasteiger partial charge in [-0.1, -0.05) is 25.1 Å². The van der Waals surface area contributed by atoms with Crippen molar-refractivity contribution in [1.82, 2.24) is 14.8 Å². The summed E-state index contributed by atoms with van der Waals surface area (Å²) in [4.78, 5) is 32.3. The zero-order valence-corrected chi connectivity index (χ0v) is 19.5. The third-order valence-corrected chi connectivity index (χ3v) is 5.56. The van der Waals surface area contributed by atoms with Gasteiger partial charge < -0.3 is 9.64 Å². The average Bonchev–Trinajstić information content (AvgIpc) is 2.87. The van der Waals surface area contributed by atoms with Crippen LogP contribution in [0, 0.1) is 0 Å². The molecule has 0 fully saturated rings. The van der Waals surface area contributed by atoms with Crippen molar-refractivity contribution in [3.8, 4) is 5.75 Å². The third-order valence-electron chi connectivity index (χ3n) is 5.56. The van der Waals surface area contributed by atoms with Crippen molar-refractivity contribution in [2.75, 3.05) is 18.1 Å². The van der Waals surface area contributed by atoms with E-state index in [2.05, 4.69) is 10.1 Å². The van der Waals surface area contributed by atoms with Crippen molar-refractivity contribution in [2.24, 2.45) is 0 Å². The average molecular weight is 457 g/mol. The number of hydrogen-bond acceptors (Lipinski definition) is 5. The Hall–Kier alpha value is -4.00. The maximum Gasteiger partial charge on any atom is 0.275 e. The van der Waals surface area contributed by atoms with Gasteiger partial charge in [0.1, 0.15) is 12.3 Å². The standard InChI is InChI=1S/C27H28N4O3/c1-3-17-30(21-9-11-22(12-10-21)34-4-2)26(32)19-31-27(33)24-8-6-5-7-23(24)25(29-31)18-20-13-15-28-16-14-20/h5-16H,3-4,17-19H2,1-2H3. The molecule has 0 bridgehead atoms. The van der Waals surface area contributed by atoms with Crippen LogP contribution in [0.25, 0.3) is 10.8 Å². The van der Waals surface area contributed by atoms with Crippen molar-refractivity contribution >= 4 is 22.4 Å². The van der Waals surface area contributed by atoms with Gasteiger partial charge in [-0.2, -0.15) is 5.10 Å². The van der Waals surface area contributed by atoms with Crippen LogP contribution in [0.1, 0.15) is 31.5 Å². The van der Waals surface area contributed by atoms with E-state index in [-0.39, 0.29) is 18.0 Å². The summed E-state index contributed by atoms with van der Waals surface area (Å²) >= 11 is 0. The van der Waals surface area contributed by atoms with E-state index in [0.29, 0.717) is 25.0 Å². The fraction of sp³-hybridized carbons (Fsp3) is 0.259. The number of amides is 1. The lowest BCUT2D eigenvalue weighted by Gasteiger charge is -2.23. The fourth-order valence-corrected chi connectivity index (χ4v) is 3.96. The first-order valence-electron chi connectivity index (χ1n) is 11.5. The lowest BCUT2D eigenvalue weighted by Crippen LogP contribution is -2.38. The van der Waals surface area contributed by atoms with E-state index in [4.69, 9.17) is 4.74 Å². The van der Waals surface area contributed by atoms with Gasteiger partial charge in [-0.15, -0.1) is 0 Å². The van der Waals surface area contributed by atoms with Crippen molar-refractivity contribution in [3.63, 3.8) is 0 Å². The van der Waals surface area contributed by atoms with Crippen LogP contribution < -0.4 is 15.2 Å². The molecule has 0 radical (unpaired) electrons. The first-order chi connectivity index (χ1) is 16.6. The van der Waals surface area contributed by atoms with Crippen LogP contribution in [-0.2, 0) is 17.8 Å². The van der Waals surface area contributed by atoms with Crippen LogP contribution in [0.3, 0.4) is 0 Å². The lowest BCUT2D eigenvalue weighted by atomic mass is 10.1. The van der Waals surface area contributed by atoms with E-state index in [1.54, 1.807) is 23.4 Å². The molecule has 2 aromatic heterocycles. The van der Waals surface area contributed by atoms with E-state index in [0.717, 1.165) is 34.5 Å². The Bertz CT molecular complexity index is 1320. The van der Waals surface area contributed by atoms with Crippen LogP contribution in [0.15, 0.2) is 77.9 Å². The van der Waals surface area contributed by atoms with Crippen LogP contribution in [0.5, 0.6) is 5.75 Å². The molecule has 4 rings (SSSR count). The molecular formula is C27H28N4O3. The quantitative estimate of drug-likeness (QED) is 0.377. The monoisotopic (exact) mass is 456 g/mol. The number of aromatic nitrogens is 3. The molecule has 7 nitrogen and oxygen atoms in total. The maximum atomic E-state index is 13.4. The fourth-order valence-electron chi connectivity index (χ4n) is 3.96. The Morgan fingerprint density at radius 3 is 2.35 bits per heavy atom. The van der Waals surface area contributed by atoms with E-state index in [1.165, 1.54) is 4.68 Å². The van der Waals surface area contributed by atoms with E-state index in [1.807, 2.05) is 68.4 Å². The molecule has 0 atom stereocenters. The topological polar surface area (TPSA) is 77.3 Å². The third kappa shape index (κ3) is 5.14. The summed E-state index contributed by atoms with van der Waals surface area (Å²) in [6.45, 7) is 4.93. The molecule has 0 aliphatic heterocycles. The molecule has 0 spiro atoms. The normalized spacial score (nSPS) is 10.9. The molecule has 0 aliphatic carbocycles. The predicted molar refractivity (Wildman–Crippen MR) is 133 cm³/mol. The number of benzene rings is 2. The Balaban J connectivity index is 1.67. The van der Waals surface area contributed by atoms with Crippen LogP contribution >= 0.6 is 0 Å². The molecule has 7 heteroatoms. The van der Waals surface area contributed by atoms with Gasteiger partial charge in [0.05, 0.1) is 17.7 Å². The Morgan fingerprint density at radius 2 is 1.68 bits per heavy atom. The molecule has 0 aliphatic rings. The van der Waals surface area contributed by atoms with Crippen LogP contribution in [0.2, 0.25) is 0 Å². The minimum Gasteiger partial charge on any atom is -0.494 e. The summed E-state index contributed by atoms with van der Waals surface area (Å²) in [5.41, 5.74) is 2.27. The van der Waals surface area contributed by atoms with Gasteiger partial charge in [0.15, 0.2) is 0 Å². The van der Waals surface area contributed by atoms with Gasteiger partial charge in [-0.25, -0.2) is 4.68 Å². The summed E-state index contributed by atoms with van der Waals surface area (Å²) in [6, 6.07) is 18.7. The molecular weight excluding hydrogens is 428 g/mol. The summed E-state index contributed by atoms with van der Waals surface area (Å²) in [5.74, 6) is 0.564. The first kappa shape index (κ1) is 23.2. The van der Waals surface area contributed by atoms with Gasteiger partial charge in [0, 0.05) is 36.4 Å². The number of carbonyl (C=O) groups excluding carboxylic acids is 1. The molecule has 0 N–H and O–H groups in total. The van der Waals surface area contributed by atoms with Gasteiger partial charge in [-0.05, 0) is 61.4 Å². The molecule has 2 heterocycles. The second-order valence-corrected chi connectivity index (χ2v) is 7.96. The summed E-state index contributed by atoms with van der Waals surface area (Å²) in [5, 5.41) is 5.98. The lowest BCUT2D eigenvalue weighted by molar-refractivity contribution is -0.119. The zero-order valence-electron chi connectivity index (χ0n) is 19.5. The van der Waals surface area contributed by atoms with Crippen LogP contribution in [0.4, 0.5) is 5.69 Å². The molecule has 0 saturated heterocycles. The summed E-state index contributed by atoms with van der Waals surface area (Å²) in [6.07, 6.45) is 4.79. The number of hydrogen-bond donors (Lipinski definition) is 0. The van der Waals surface area contributed by atoms with Crippen molar-refractivity contribution in [3.05, 3.63) is 94.7 Å². The van der Waals surface area contributed by atoms with Crippen molar-refractivity contribution in [2.45, 2.75) is 33.2 Å². The molecule has 1 amide bonds. The minimum atomic E-state index is -0.273. The van der Waals surface area contributed by atoms with Crippen molar-refractivity contribution < 1.29 is 9.53 Å². The van der Waals surface area contributed by atoms with Crippen molar-refractivity contribution in [1.29, 1.82) is 0 Å². The molecule has 0 unspecified atom stereocenters. The molecule has 34 heavy (non-hydrogen) atoms. The number of pyridine rings is 1. The molecule has 174 valence electrons. The summed E-state index contributed by atoms with van der Waals surface area (Å²) in [7, 11) is 0. The molecule has 0 saturated carbocycles. The minimum absolute atomic E-state index is 0.139. The Labute approximate surface area is 198 Å². The number of carbonyl (C=O) groups is 1. The Kier molecular flexibility index (Phi) is 7.32. The summed E-state index contributed by atoms with van der Waals surface area (Å²) < 4.78 is 6.80. The number of ether oxygens (including phenoxy) is 1. The first-order valence-corrected chi connectivity index (χ1v) is 11.5. The maximum absolute atomic E-state index is 13.4. The number of fused-ring (bicyclic) bond motifs is 1.